The van der Waals surface area contributed by atoms with Gasteiger partial charge in [-0.15, -0.1) is 0 Å². The number of carboxylic acids is 1. The topological polar surface area (TPSA) is 88.5 Å². The molecule has 1 atom stereocenters. The minimum Gasteiger partial charge on any atom is -0.481 e. The van der Waals surface area contributed by atoms with Crippen LogP contribution in [0.15, 0.2) is 18.3 Å². The van der Waals surface area contributed by atoms with Gasteiger partial charge in [-0.1, -0.05) is 6.92 Å². The zero-order chi connectivity index (χ0) is 13.5. The van der Waals surface area contributed by atoms with Crippen LogP contribution in [0.1, 0.15) is 23.7 Å². The number of nitrogens with zero attached hydrogens (tertiary/aromatic N) is 1. The van der Waals surface area contributed by atoms with Crippen LogP contribution in [0.4, 0.5) is 0 Å². The molecule has 0 bridgehead atoms. The van der Waals surface area contributed by atoms with Crippen LogP contribution in [-0.4, -0.2) is 35.6 Å². The molecule has 1 aromatic rings. The van der Waals surface area contributed by atoms with Crippen LogP contribution in [-0.2, 0) is 4.79 Å². The van der Waals surface area contributed by atoms with Crippen molar-refractivity contribution < 1.29 is 19.4 Å². The molecule has 0 aliphatic heterocycles. The molecule has 0 fully saturated rings. The van der Waals surface area contributed by atoms with Gasteiger partial charge in [0.25, 0.3) is 5.91 Å². The van der Waals surface area contributed by atoms with Crippen LogP contribution in [0.25, 0.3) is 0 Å². The molecular weight excluding hydrogens is 236 g/mol. The van der Waals surface area contributed by atoms with Crippen molar-refractivity contribution >= 4 is 11.9 Å². The van der Waals surface area contributed by atoms with Gasteiger partial charge in [0, 0.05) is 12.7 Å². The van der Waals surface area contributed by atoms with Gasteiger partial charge in [0.2, 0.25) is 5.88 Å². The van der Waals surface area contributed by atoms with Gasteiger partial charge in [0.15, 0.2) is 0 Å². The summed E-state index contributed by atoms with van der Waals surface area (Å²) in [5.41, 5.74) is 0.336. The van der Waals surface area contributed by atoms with Gasteiger partial charge in [-0.25, -0.2) is 4.98 Å². The van der Waals surface area contributed by atoms with Gasteiger partial charge in [-0.2, -0.15) is 0 Å². The van der Waals surface area contributed by atoms with E-state index in [4.69, 9.17) is 9.84 Å². The number of aromatic nitrogens is 1. The highest BCUT2D eigenvalue weighted by Gasteiger charge is 2.14. The van der Waals surface area contributed by atoms with Gasteiger partial charge in [-0.3, -0.25) is 9.59 Å². The second kappa shape index (κ2) is 6.58. The van der Waals surface area contributed by atoms with Crippen LogP contribution >= 0.6 is 0 Å². The van der Waals surface area contributed by atoms with E-state index in [1.54, 1.807) is 19.1 Å². The Kier molecular flexibility index (Phi) is 5.10. The van der Waals surface area contributed by atoms with Crippen molar-refractivity contribution in [2.75, 3.05) is 13.7 Å². The predicted octanol–water partition coefficient (Wildman–Crippen LogP) is 0.931. The van der Waals surface area contributed by atoms with Gasteiger partial charge < -0.3 is 15.2 Å². The van der Waals surface area contributed by atoms with Gasteiger partial charge in [0.05, 0.1) is 13.0 Å². The zero-order valence-corrected chi connectivity index (χ0v) is 10.3. The molecule has 6 nitrogen and oxygen atoms in total. The van der Waals surface area contributed by atoms with Crippen LogP contribution in [0.2, 0.25) is 0 Å². The lowest BCUT2D eigenvalue weighted by Crippen LogP contribution is -2.27. The maximum absolute atomic E-state index is 11.8. The summed E-state index contributed by atoms with van der Waals surface area (Å²) in [6.07, 6.45) is 1.91. The van der Waals surface area contributed by atoms with Gasteiger partial charge in [0.1, 0.15) is 5.56 Å². The molecule has 1 heterocycles. The third-order valence-electron chi connectivity index (χ3n) is 2.49. The minimum absolute atomic E-state index is 0.251. The molecule has 1 aromatic heterocycles. The molecule has 0 aromatic carbocycles. The lowest BCUT2D eigenvalue weighted by Gasteiger charge is -2.09. The molecule has 6 heteroatoms. The van der Waals surface area contributed by atoms with Crippen molar-refractivity contribution in [1.82, 2.24) is 10.3 Å². The van der Waals surface area contributed by atoms with E-state index >= 15 is 0 Å². The number of carboxylic acid groups (broad SMARTS) is 1. The number of aliphatic carboxylic acids is 1. The Hall–Kier alpha value is -2.11. The summed E-state index contributed by atoms with van der Waals surface area (Å²) in [5, 5.41) is 11.3. The Bertz CT molecular complexity index is 434. The summed E-state index contributed by atoms with van der Waals surface area (Å²) in [6.45, 7) is 1.89. The average molecular weight is 252 g/mol. The molecule has 1 unspecified atom stereocenters. The van der Waals surface area contributed by atoms with Crippen molar-refractivity contribution in [3.63, 3.8) is 0 Å². The third-order valence-corrected chi connectivity index (χ3v) is 2.49. The molecule has 0 aliphatic rings. The van der Waals surface area contributed by atoms with E-state index in [1.165, 1.54) is 13.3 Å². The lowest BCUT2D eigenvalue weighted by atomic mass is 10.1. The van der Waals surface area contributed by atoms with Crippen LogP contribution < -0.4 is 10.1 Å². The molecule has 0 saturated carbocycles. The Morgan fingerprint density at radius 2 is 2.28 bits per heavy atom. The normalized spacial score (nSPS) is 11.7. The first-order valence-electron chi connectivity index (χ1n) is 5.56. The molecule has 0 aliphatic carbocycles. The van der Waals surface area contributed by atoms with Crippen LogP contribution in [0, 0.1) is 5.92 Å². The smallest absolute Gasteiger partial charge is 0.306 e. The fraction of sp³-hybridized carbons (Fsp3) is 0.417. The number of ether oxygens (including phenoxy) is 1. The highest BCUT2D eigenvalue weighted by Crippen LogP contribution is 2.13. The molecule has 0 saturated heterocycles. The van der Waals surface area contributed by atoms with Crippen LogP contribution in [0.5, 0.6) is 5.88 Å². The lowest BCUT2D eigenvalue weighted by molar-refractivity contribution is -0.141. The maximum Gasteiger partial charge on any atom is 0.306 e. The third kappa shape index (κ3) is 3.73. The highest BCUT2D eigenvalue weighted by atomic mass is 16.5. The van der Waals surface area contributed by atoms with Crippen molar-refractivity contribution in [3.05, 3.63) is 23.9 Å². The van der Waals surface area contributed by atoms with E-state index in [0.717, 1.165) is 0 Å². The number of hydrogen-bond acceptors (Lipinski definition) is 4. The molecule has 0 spiro atoms. The number of carbonyl (C=O) groups excluding carboxylic acids is 1. The Balaban J connectivity index is 2.53. The number of hydrogen-bond donors (Lipinski definition) is 2. The minimum atomic E-state index is -0.872. The van der Waals surface area contributed by atoms with E-state index in [0.29, 0.717) is 18.5 Å². The second-order valence-electron chi connectivity index (χ2n) is 3.84. The first-order chi connectivity index (χ1) is 8.56. The molecule has 18 heavy (non-hydrogen) atoms. The van der Waals surface area contributed by atoms with E-state index in [1.807, 2.05) is 0 Å². The first kappa shape index (κ1) is 14.0. The maximum atomic E-state index is 11.8. The number of pyridine rings is 1. The fourth-order valence-electron chi connectivity index (χ4n) is 1.35. The highest BCUT2D eigenvalue weighted by molar-refractivity contribution is 5.96. The first-order valence-corrected chi connectivity index (χ1v) is 5.56. The molecular formula is C12H16N2O4. The SMILES string of the molecule is COc1ncccc1C(=O)NCCC(C)C(=O)O. The van der Waals surface area contributed by atoms with Crippen molar-refractivity contribution in [2.45, 2.75) is 13.3 Å². The van der Waals surface area contributed by atoms with E-state index < -0.39 is 11.9 Å². The largest absolute Gasteiger partial charge is 0.481 e. The summed E-state index contributed by atoms with van der Waals surface area (Å²) in [6, 6.07) is 3.24. The number of amides is 1. The number of methoxy groups -OCH3 is 1. The van der Waals surface area contributed by atoms with Gasteiger partial charge >= 0.3 is 5.97 Å². The number of nitrogens with one attached hydrogen (secondary N) is 1. The zero-order valence-electron chi connectivity index (χ0n) is 10.3. The molecule has 1 amide bonds. The molecule has 0 radical (unpaired) electrons. The number of rotatable bonds is 6. The quantitative estimate of drug-likeness (QED) is 0.786. The summed E-state index contributed by atoms with van der Waals surface area (Å²) < 4.78 is 4.97. The molecule has 1 rings (SSSR count). The summed E-state index contributed by atoms with van der Waals surface area (Å²) in [4.78, 5) is 26.3. The predicted molar refractivity (Wildman–Crippen MR) is 64.5 cm³/mol. The Labute approximate surface area is 105 Å². The standard InChI is InChI=1S/C12H16N2O4/c1-8(12(16)17)5-7-13-10(15)9-4-3-6-14-11(9)18-2/h3-4,6,8H,5,7H2,1-2H3,(H,13,15)(H,16,17). The molecule has 2 N–H and O–H groups in total. The van der Waals surface area contributed by atoms with Crippen molar-refractivity contribution in [2.24, 2.45) is 5.92 Å². The summed E-state index contributed by atoms with van der Waals surface area (Å²) in [5.74, 6) is -1.43. The molecule has 98 valence electrons. The van der Waals surface area contributed by atoms with Crippen LogP contribution in [0.3, 0.4) is 0 Å². The van der Waals surface area contributed by atoms with Gasteiger partial charge in [-0.05, 0) is 18.6 Å². The number of carbonyl (C=O) groups is 2. The van der Waals surface area contributed by atoms with Crippen molar-refractivity contribution in [3.8, 4) is 5.88 Å². The Morgan fingerprint density at radius 3 is 2.89 bits per heavy atom. The van der Waals surface area contributed by atoms with E-state index in [2.05, 4.69) is 10.3 Å². The summed E-state index contributed by atoms with van der Waals surface area (Å²) in [7, 11) is 1.44. The van der Waals surface area contributed by atoms with E-state index in [-0.39, 0.29) is 11.8 Å². The van der Waals surface area contributed by atoms with Crippen molar-refractivity contribution in [1.29, 1.82) is 0 Å². The Morgan fingerprint density at radius 1 is 1.56 bits per heavy atom. The fourth-order valence-corrected chi connectivity index (χ4v) is 1.35. The summed E-state index contributed by atoms with van der Waals surface area (Å²) >= 11 is 0. The second-order valence-corrected chi connectivity index (χ2v) is 3.84. The monoisotopic (exact) mass is 252 g/mol. The van der Waals surface area contributed by atoms with E-state index in [9.17, 15) is 9.59 Å². The average Bonchev–Trinajstić information content (AvgIpc) is 2.38.